The van der Waals surface area contributed by atoms with Crippen molar-refractivity contribution >= 4 is 27.4 Å². The number of methoxy groups -OCH3 is 2. The van der Waals surface area contributed by atoms with Crippen LogP contribution < -0.4 is 14.4 Å². The second-order valence-corrected chi connectivity index (χ2v) is 8.49. The molecule has 1 aliphatic rings. The van der Waals surface area contributed by atoms with Gasteiger partial charge < -0.3 is 19.1 Å². The molecule has 0 spiro atoms. The van der Waals surface area contributed by atoms with Crippen LogP contribution in [0.5, 0.6) is 11.9 Å². The van der Waals surface area contributed by atoms with E-state index in [1.54, 1.807) is 31.0 Å². The van der Waals surface area contributed by atoms with Crippen molar-refractivity contribution in [2.24, 2.45) is 0 Å². The lowest BCUT2D eigenvalue weighted by Crippen LogP contribution is -2.23. The minimum atomic E-state index is 0.174. The Morgan fingerprint density at radius 1 is 1.09 bits per heavy atom. The Bertz CT molecular complexity index is 1220. The SMILES string of the molecule is COc1ncc(-c2cc3c(N4CCC(OCc5ccccc5)C4)ncnc3s2)c(OC)n1. The van der Waals surface area contributed by atoms with Crippen LogP contribution >= 0.6 is 11.3 Å². The van der Waals surface area contributed by atoms with Gasteiger partial charge in [-0.05, 0) is 18.1 Å². The normalized spacial score (nSPS) is 15.9. The van der Waals surface area contributed by atoms with E-state index in [1.165, 1.54) is 12.7 Å². The van der Waals surface area contributed by atoms with Gasteiger partial charge in [0.1, 0.15) is 17.0 Å². The Morgan fingerprint density at radius 2 is 1.97 bits per heavy atom. The topological polar surface area (TPSA) is 82.5 Å². The zero-order chi connectivity index (χ0) is 21.9. The zero-order valence-corrected chi connectivity index (χ0v) is 18.7. The van der Waals surface area contributed by atoms with E-state index in [9.17, 15) is 0 Å². The molecule has 9 heteroatoms. The van der Waals surface area contributed by atoms with Gasteiger partial charge in [0.2, 0.25) is 5.88 Å². The smallest absolute Gasteiger partial charge is 0.319 e. The van der Waals surface area contributed by atoms with Crippen LogP contribution in [-0.4, -0.2) is 53.3 Å². The maximum Gasteiger partial charge on any atom is 0.319 e. The summed E-state index contributed by atoms with van der Waals surface area (Å²) in [5.41, 5.74) is 1.99. The maximum absolute atomic E-state index is 6.15. The molecule has 1 atom stereocenters. The summed E-state index contributed by atoms with van der Waals surface area (Å²) >= 11 is 1.56. The largest absolute Gasteiger partial charge is 0.480 e. The Labute approximate surface area is 189 Å². The van der Waals surface area contributed by atoms with Gasteiger partial charge in [0.05, 0.1) is 37.9 Å². The lowest BCUT2D eigenvalue weighted by atomic mass is 10.2. The molecule has 0 radical (unpaired) electrons. The van der Waals surface area contributed by atoms with Crippen molar-refractivity contribution in [3.05, 3.63) is 54.5 Å². The lowest BCUT2D eigenvalue weighted by molar-refractivity contribution is 0.0553. The summed E-state index contributed by atoms with van der Waals surface area (Å²) < 4.78 is 16.7. The molecule has 4 heterocycles. The third-order valence-electron chi connectivity index (χ3n) is 5.45. The van der Waals surface area contributed by atoms with Crippen LogP contribution in [0, 0.1) is 0 Å². The fraction of sp³-hybridized carbons (Fsp3) is 0.304. The molecule has 5 rings (SSSR count). The quantitative estimate of drug-likeness (QED) is 0.419. The van der Waals surface area contributed by atoms with Crippen LogP contribution in [0.3, 0.4) is 0 Å². The fourth-order valence-corrected chi connectivity index (χ4v) is 4.84. The van der Waals surface area contributed by atoms with Gasteiger partial charge in [0, 0.05) is 24.2 Å². The first-order valence-electron chi connectivity index (χ1n) is 10.4. The molecule has 4 aromatic rings. The highest BCUT2D eigenvalue weighted by Crippen LogP contribution is 2.40. The molecule has 8 nitrogen and oxygen atoms in total. The number of aromatic nitrogens is 4. The fourth-order valence-electron chi connectivity index (χ4n) is 3.85. The Hall–Kier alpha value is -3.30. The van der Waals surface area contributed by atoms with Crippen molar-refractivity contribution in [2.45, 2.75) is 19.1 Å². The number of hydrogen-bond donors (Lipinski definition) is 0. The molecule has 1 fully saturated rings. The van der Waals surface area contributed by atoms with E-state index >= 15 is 0 Å². The number of anilines is 1. The molecule has 1 aromatic carbocycles. The lowest BCUT2D eigenvalue weighted by Gasteiger charge is -2.18. The summed E-state index contributed by atoms with van der Waals surface area (Å²) in [6.07, 6.45) is 4.48. The van der Waals surface area contributed by atoms with Gasteiger partial charge in [-0.15, -0.1) is 11.3 Å². The Balaban J connectivity index is 1.37. The summed E-state index contributed by atoms with van der Waals surface area (Å²) in [5.74, 6) is 1.39. The molecule has 1 aliphatic heterocycles. The van der Waals surface area contributed by atoms with Gasteiger partial charge in [-0.25, -0.2) is 15.0 Å². The second kappa shape index (κ2) is 9.05. The average molecular weight is 450 g/mol. The van der Waals surface area contributed by atoms with Crippen molar-refractivity contribution in [3.63, 3.8) is 0 Å². The third-order valence-corrected chi connectivity index (χ3v) is 6.53. The van der Waals surface area contributed by atoms with E-state index in [2.05, 4.69) is 43.0 Å². The molecule has 3 aromatic heterocycles. The van der Waals surface area contributed by atoms with E-state index in [-0.39, 0.29) is 12.1 Å². The molecular formula is C23H23N5O3S. The molecule has 1 unspecified atom stereocenters. The summed E-state index contributed by atoms with van der Waals surface area (Å²) in [5, 5.41) is 1.01. The number of thiophene rings is 1. The van der Waals surface area contributed by atoms with E-state index < -0.39 is 0 Å². The highest BCUT2D eigenvalue weighted by atomic mass is 32.1. The van der Waals surface area contributed by atoms with E-state index in [0.717, 1.165) is 46.0 Å². The second-order valence-electron chi connectivity index (χ2n) is 7.46. The van der Waals surface area contributed by atoms with E-state index in [1.807, 2.05) is 18.2 Å². The number of hydrogen-bond acceptors (Lipinski definition) is 9. The van der Waals surface area contributed by atoms with Gasteiger partial charge in [-0.3, -0.25) is 0 Å². The minimum Gasteiger partial charge on any atom is -0.480 e. The summed E-state index contributed by atoms with van der Waals surface area (Å²) in [4.78, 5) is 21.8. The summed E-state index contributed by atoms with van der Waals surface area (Å²) in [6.45, 7) is 2.32. The summed E-state index contributed by atoms with van der Waals surface area (Å²) in [6, 6.07) is 12.6. The van der Waals surface area contributed by atoms with Crippen molar-refractivity contribution in [2.75, 3.05) is 32.2 Å². The van der Waals surface area contributed by atoms with Gasteiger partial charge in [0.15, 0.2) is 0 Å². The standard InChI is InChI=1S/C23H23N5O3S/c1-29-21-18(11-24-23(27-21)30-2)19-10-17-20(25-14-26-22(17)32-19)28-9-8-16(12-28)31-13-15-6-4-3-5-7-15/h3-7,10-11,14,16H,8-9,12-13H2,1-2H3. The first-order chi connectivity index (χ1) is 15.7. The average Bonchev–Trinajstić information content (AvgIpc) is 3.50. The molecule has 1 saturated heterocycles. The molecule has 164 valence electrons. The number of nitrogens with zero attached hydrogens (tertiary/aromatic N) is 5. The van der Waals surface area contributed by atoms with Gasteiger partial charge in [-0.1, -0.05) is 30.3 Å². The van der Waals surface area contributed by atoms with Gasteiger partial charge >= 0.3 is 6.01 Å². The minimum absolute atomic E-state index is 0.174. The molecular weight excluding hydrogens is 426 g/mol. The third kappa shape index (κ3) is 4.09. The van der Waals surface area contributed by atoms with Crippen molar-refractivity contribution in [3.8, 4) is 22.3 Å². The molecule has 0 bridgehead atoms. The Kier molecular flexibility index (Phi) is 5.83. The monoisotopic (exact) mass is 449 g/mol. The summed E-state index contributed by atoms with van der Waals surface area (Å²) in [7, 11) is 3.12. The molecule has 0 amide bonds. The van der Waals surface area contributed by atoms with Crippen LogP contribution in [-0.2, 0) is 11.3 Å². The van der Waals surface area contributed by atoms with Crippen LogP contribution in [0.4, 0.5) is 5.82 Å². The molecule has 32 heavy (non-hydrogen) atoms. The molecule has 0 saturated carbocycles. The first kappa shape index (κ1) is 20.6. The number of ether oxygens (including phenoxy) is 3. The Morgan fingerprint density at radius 3 is 2.78 bits per heavy atom. The highest BCUT2D eigenvalue weighted by Gasteiger charge is 2.26. The van der Waals surface area contributed by atoms with Crippen LogP contribution in [0.1, 0.15) is 12.0 Å². The predicted molar refractivity (Wildman–Crippen MR) is 123 cm³/mol. The van der Waals surface area contributed by atoms with Crippen LogP contribution in [0.25, 0.3) is 20.7 Å². The van der Waals surface area contributed by atoms with Crippen molar-refractivity contribution < 1.29 is 14.2 Å². The number of rotatable bonds is 7. The van der Waals surface area contributed by atoms with E-state index in [4.69, 9.17) is 14.2 Å². The van der Waals surface area contributed by atoms with Crippen LogP contribution in [0.2, 0.25) is 0 Å². The molecule has 0 N–H and O–H groups in total. The van der Waals surface area contributed by atoms with Gasteiger partial charge in [-0.2, -0.15) is 4.98 Å². The van der Waals surface area contributed by atoms with E-state index in [0.29, 0.717) is 12.5 Å². The van der Waals surface area contributed by atoms with Crippen LogP contribution in [0.15, 0.2) is 48.9 Å². The zero-order valence-electron chi connectivity index (χ0n) is 17.9. The predicted octanol–water partition coefficient (Wildman–Crippen LogP) is 3.96. The first-order valence-corrected chi connectivity index (χ1v) is 11.2. The van der Waals surface area contributed by atoms with Crippen molar-refractivity contribution in [1.29, 1.82) is 0 Å². The highest BCUT2D eigenvalue weighted by molar-refractivity contribution is 7.22. The number of benzene rings is 1. The maximum atomic E-state index is 6.15. The number of fused-ring (bicyclic) bond motifs is 1. The van der Waals surface area contributed by atoms with Gasteiger partial charge in [0.25, 0.3) is 0 Å². The van der Waals surface area contributed by atoms with Crippen molar-refractivity contribution in [1.82, 2.24) is 19.9 Å². The molecule has 0 aliphatic carbocycles.